The van der Waals surface area contributed by atoms with Gasteiger partial charge in [-0.3, -0.25) is 0 Å². The molecule has 31 heavy (non-hydrogen) atoms. The van der Waals surface area contributed by atoms with E-state index in [0.29, 0.717) is 28.0 Å². The Morgan fingerprint density at radius 3 is 2.39 bits per heavy atom. The Hall–Kier alpha value is -3.39. The van der Waals surface area contributed by atoms with Crippen LogP contribution in [0, 0.1) is 0 Å². The molecule has 0 radical (unpaired) electrons. The zero-order valence-electron chi connectivity index (χ0n) is 18.1. The average molecular weight is 425 g/mol. The van der Waals surface area contributed by atoms with Crippen molar-refractivity contribution in [1.82, 2.24) is 15.0 Å². The quantitative estimate of drug-likeness (QED) is 0.442. The number of nitrogens with zero attached hydrogens (tertiary/aromatic N) is 3. The molecule has 0 amide bonds. The molecule has 1 unspecified atom stereocenters. The van der Waals surface area contributed by atoms with Crippen molar-refractivity contribution < 1.29 is 24.5 Å². The van der Waals surface area contributed by atoms with Crippen LogP contribution >= 0.6 is 0 Å². The number of rotatable bonds is 7. The molecule has 164 valence electrons. The summed E-state index contributed by atoms with van der Waals surface area (Å²) in [5.74, 6) is -0.0424. The second-order valence-electron chi connectivity index (χ2n) is 8.16. The van der Waals surface area contributed by atoms with E-state index in [4.69, 9.17) is 9.47 Å². The Morgan fingerprint density at radius 2 is 1.81 bits per heavy atom. The van der Waals surface area contributed by atoms with Crippen LogP contribution in [0.5, 0.6) is 11.5 Å². The Morgan fingerprint density at radius 1 is 1.16 bits per heavy atom. The molecular formula is C23H27N3O5. The largest absolute Gasteiger partial charge is 0.505 e. The second-order valence-corrected chi connectivity index (χ2v) is 8.16. The molecule has 1 atom stereocenters. The molecule has 0 aliphatic carbocycles. The number of carbonyl (C=O) groups is 1. The number of aliphatic hydroxyl groups excluding tert-OH is 1. The summed E-state index contributed by atoms with van der Waals surface area (Å²) in [5, 5.41) is 29.9. The van der Waals surface area contributed by atoms with Crippen LogP contribution < -0.4 is 4.74 Å². The van der Waals surface area contributed by atoms with E-state index in [-0.39, 0.29) is 24.4 Å². The standard InChI is InChI=1S/C23H27N3O5/c1-5-8-21(28)31-14-15(27)13-30-16-11-17(23(2,3)4)22(29)20(12-16)26-24-18-9-6-7-10-19(18)25-26/h5-12,15,27,29H,13-14H2,1-4H3. The highest BCUT2D eigenvalue weighted by atomic mass is 16.5. The summed E-state index contributed by atoms with van der Waals surface area (Å²) >= 11 is 0. The lowest BCUT2D eigenvalue weighted by Gasteiger charge is -2.23. The Balaban J connectivity index is 1.87. The summed E-state index contributed by atoms with van der Waals surface area (Å²) in [6.07, 6.45) is 1.83. The van der Waals surface area contributed by atoms with Gasteiger partial charge >= 0.3 is 5.97 Å². The molecule has 2 aromatic carbocycles. The molecular weight excluding hydrogens is 398 g/mol. The number of hydrogen-bond donors (Lipinski definition) is 2. The fourth-order valence-corrected chi connectivity index (χ4v) is 2.97. The summed E-state index contributed by atoms with van der Waals surface area (Å²) < 4.78 is 10.7. The summed E-state index contributed by atoms with van der Waals surface area (Å²) in [6.45, 7) is 7.33. The molecule has 3 rings (SSSR count). The van der Waals surface area contributed by atoms with Gasteiger partial charge in [0, 0.05) is 17.7 Å². The van der Waals surface area contributed by atoms with E-state index in [1.807, 2.05) is 45.0 Å². The number of esters is 1. The van der Waals surface area contributed by atoms with Gasteiger partial charge in [-0.25, -0.2) is 4.79 Å². The van der Waals surface area contributed by atoms with Crippen LogP contribution in [0.15, 0.2) is 48.6 Å². The van der Waals surface area contributed by atoms with Gasteiger partial charge < -0.3 is 19.7 Å². The molecule has 1 aromatic heterocycles. The average Bonchev–Trinajstić information content (AvgIpc) is 3.14. The highest BCUT2D eigenvalue weighted by molar-refractivity contribution is 5.81. The SMILES string of the molecule is CC=CC(=O)OCC(O)COc1cc(-n2nc3ccccc3n2)c(O)c(C(C)(C)C)c1. The number of aliphatic hydroxyl groups is 1. The lowest BCUT2D eigenvalue weighted by Crippen LogP contribution is -2.25. The highest BCUT2D eigenvalue weighted by Crippen LogP contribution is 2.38. The predicted molar refractivity (Wildman–Crippen MR) is 117 cm³/mol. The van der Waals surface area contributed by atoms with Crippen LogP contribution in [-0.2, 0) is 14.9 Å². The van der Waals surface area contributed by atoms with E-state index in [9.17, 15) is 15.0 Å². The highest BCUT2D eigenvalue weighted by Gasteiger charge is 2.24. The lowest BCUT2D eigenvalue weighted by molar-refractivity contribution is -0.141. The minimum absolute atomic E-state index is 0.0565. The van der Waals surface area contributed by atoms with Gasteiger partial charge in [0.2, 0.25) is 0 Å². The molecule has 0 saturated carbocycles. The summed E-state index contributed by atoms with van der Waals surface area (Å²) in [5.41, 5.74) is 2.03. The van der Waals surface area contributed by atoms with Gasteiger partial charge in [-0.05, 0) is 30.5 Å². The maximum Gasteiger partial charge on any atom is 0.330 e. The Bertz CT molecular complexity index is 1070. The molecule has 1 heterocycles. The van der Waals surface area contributed by atoms with Gasteiger partial charge in [0.05, 0.1) is 0 Å². The summed E-state index contributed by atoms with van der Waals surface area (Å²) in [7, 11) is 0. The monoisotopic (exact) mass is 425 g/mol. The molecule has 3 aromatic rings. The van der Waals surface area contributed by atoms with Crippen LogP contribution in [0.1, 0.15) is 33.3 Å². The van der Waals surface area contributed by atoms with E-state index < -0.39 is 12.1 Å². The number of aromatic hydroxyl groups is 1. The van der Waals surface area contributed by atoms with Crippen LogP contribution in [0.3, 0.4) is 0 Å². The van der Waals surface area contributed by atoms with Crippen LogP contribution in [0.25, 0.3) is 16.7 Å². The zero-order chi connectivity index (χ0) is 22.6. The predicted octanol–water partition coefficient (Wildman–Crippen LogP) is 3.28. The molecule has 8 heteroatoms. The number of hydrogen-bond acceptors (Lipinski definition) is 7. The van der Waals surface area contributed by atoms with Crippen molar-refractivity contribution in [2.75, 3.05) is 13.2 Å². The minimum Gasteiger partial charge on any atom is -0.505 e. The van der Waals surface area contributed by atoms with E-state index in [1.54, 1.807) is 25.1 Å². The maximum atomic E-state index is 11.4. The number of aromatic nitrogens is 3. The first-order chi connectivity index (χ1) is 14.7. The fourth-order valence-electron chi connectivity index (χ4n) is 2.97. The second kappa shape index (κ2) is 9.18. The first-order valence-corrected chi connectivity index (χ1v) is 9.99. The number of phenols is 1. The lowest BCUT2D eigenvalue weighted by atomic mass is 9.86. The Kier molecular flexibility index (Phi) is 6.60. The van der Waals surface area contributed by atoms with Crippen molar-refractivity contribution in [3.8, 4) is 17.2 Å². The third-order valence-electron chi connectivity index (χ3n) is 4.54. The first-order valence-electron chi connectivity index (χ1n) is 9.99. The third-order valence-corrected chi connectivity index (χ3v) is 4.54. The number of phenolic OH excluding ortho intramolecular Hbond substituents is 1. The van der Waals surface area contributed by atoms with Gasteiger partial charge in [-0.15, -0.1) is 15.0 Å². The van der Waals surface area contributed by atoms with Crippen LogP contribution in [0.2, 0.25) is 0 Å². The maximum absolute atomic E-state index is 11.4. The molecule has 2 N–H and O–H groups in total. The van der Waals surface area contributed by atoms with Crippen LogP contribution in [-0.4, -0.2) is 50.5 Å². The van der Waals surface area contributed by atoms with Gasteiger partial charge in [-0.2, -0.15) is 0 Å². The van der Waals surface area contributed by atoms with Crippen molar-refractivity contribution >= 4 is 17.0 Å². The summed E-state index contributed by atoms with van der Waals surface area (Å²) in [4.78, 5) is 12.8. The Labute approximate surface area is 180 Å². The molecule has 0 fully saturated rings. The zero-order valence-corrected chi connectivity index (χ0v) is 18.1. The van der Waals surface area contributed by atoms with Gasteiger partial charge in [0.25, 0.3) is 0 Å². The third kappa shape index (κ3) is 5.40. The van der Waals surface area contributed by atoms with Gasteiger partial charge in [-0.1, -0.05) is 39.0 Å². The number of benzene rings is 2. The van der Waals surface area contributed by atoms with E-state index in [0.717, 1.165) is 0 Å². The van der Waals surface area contributed by atoms with Crippen molar-refractivity contribution in [1.29, 1.82) is 0 Å². The molecule has 0 spiro atoms. The number of fused-ring (bicyclic) bond motifs is 1. The van der Waals surface area contributed by atoms with Crippen molar-refractivity contribution in [3.05, 3.63) is 54.1 Å². The van der Waals surface area contributed by atoms with Crippen molar-refractivity contribution in [2.24, 2.45) is 0 Å². The number of carbonyl (C=O) groups excluding carboxylic acids is 1. The van der Waals surface area contributed by atoms with Gasteiger partial charge in [0.1, 0.15) is 47.5 Å². The first kappa shape index (κ1) is 22.3. The molecule has 0 bridgehead atoms. The summed E-state index contributed by atoms with van der Waals surface area (Å²) in [6, 6.07) is 10.7. The molecule has 8 nitrogen and oxygen atoms in total. The van der Waals surface area contributed by atoms with E-state index >= 15 is 0 Å². The fraction of sp³-hybridized carbons (Fsp3) is 0.348. The normalized spacial score (nSPS) is 12.9. The van der Waals surface area contributed by atoms with E-state index in [2.05, 4.69) is 10.2 Å². The smallest absolute Gasteiger partial charge is 0.330 e. The van der Waals surface area contributed by atoms with Crippen LogP contribution in [0.4, 0.5) is 0 Å². The van der Waals surface area contributed by atoms with Crippen molar-refractivity contribution in [3.63, 3.8) is 0 Å². The number of ether oxygens (including phenoxy) is 2. The minimum atomic E-state index is -1.00. The number of allylic oxidation sites excluding steroid dienone is 1. The molecule has 0 saturated heterocycles. The molecule has 0 aliphatic heterocycles. The van der Waals surface area contributed by atoms with E-state index in [1.165, 1.54) is 10.9 Å². The molecule has 0 aliphatic rings. The van der Waals surface area contributed by atoms with Crippen molar-refractivity contribution in [2.45, 2.75) is 39.2 Å². The topological polar surface area (TPSA) is 107 Å². The van der Waals surface area contributed by atoms with Gasteiger partial charge in [0.15, 0.2) is 0 Å².